The zero-order valence-corrected chi connectivity index (χ0v) is 16.5. The first-order valence-electron chi connectivity index (χ1n) is 8.96. The van der Waals surface area contributed by atoms with Gasteiger partial charge in [0.15, 0.2) is 0 Å². The number of ether oxygens (including phenoxy) is 1. The summed E-state index contributed by atoms with van der Waals surface area (Å²) in [4.78, 5) is 39.5. The van der Waals surface area contributed by atoms with Crippen molar-refractivity contribution in [1.82, 2.24) is 15.5 Å². The summed E-state index contributed by atoms with van der Waals surface area (Å²) in [6, 6.07) is 5.13. The van der Waals surface area contributed by atoms with Gasteiger partial charge in [0.25, 0.3) is 5.91 Å². The Morgan fingerprint density at radius 2 is 1.96 bits per heavy atom. The average molecular weight is 376 g/mol. The van der Waals surface area contributed by atoms with Gasteiger partial charge in [-0.25, -0.2) is 0 Å². The van der Waals surface area contributed by atoms with E-state index in [1.54, 1.807) is 32.3 Å². The van der Waals surface area contributed by atoms with Crippen molar-refractivity contribution in [1.29, 1.82) is 0 Å². The first kappa shape index (κ1) is 20.5. The van der Waals surface area contributed by atoms with E-state index in [2.05, 4.69) is 10.6 Å². The number of nitrogens with one attached hydrogen (secondary N) is 2. The first-order valence-corrected chi connectivity index (χ1v) is 8.96. The molecule has 2 rings (SSSR count). The van der Waals surface area contributed by atoms with Gasteiger partial charge in [0, 0.05) is 32.7 Å². The molecule has 27 heavy (non-hydrogen) atoms. The van der Waals surface area contributed by atoms with Crippen LogP contribution in [-0.2, 0) is 9.59 Å². The number of anilines is 1. The van der Waals surface area contributed by atoms with E-state index in [0.717, 1.165) is 5.69 Å². The molecule has 0 radical (unpaired) electrons. The van der Waals surface area contributed by atoms with Crippen molar-refractivity contribution in [2.24, 2.45) is 0 Å². The van der Waals surface area contributed by atoms with Gasteiger partial charge in [0.2, 0.25) is 11.8 Å². The molecule has 1 aromatic carbocycles. The highest BCUT2D eigenvalue weighted by Crippen LogP contribution is 2.34. The van der Waals surface area contributed by atoms with E-state index in [4.69, 9.17) is 4.74 Å². The highest BCUT2D eigenvalue weighted by molar-refractivity contribution is 5.95. The van der Waals surface area contributed by atoms with E-state index in [9.17, 15) is 14.4 Å². The Hall–Kier alpha value is -2.77. The molecule has 1 aromatic rings. The predicted molar refractivity (Wildman–Crippen MR) is 103 cm³/mol. The smallest absolute Gasteiger partial charge is 0.253 e. The second kappa shape index (κ2) is 8.75. The van der Waals surface area contributed by atoms with Crippen molar-refractivity contribution >= 4 is 23.4 Å². The van der Waals surface area contributed by atoms with Gasteiger partial charge in [-0.1, -0.05) is 0 Å². The Balaban J connectivity index is 2.00. The number of benzene rings is 1. The molecule has 0 spiro atoms. The van der Waals surface area contributed by atoms with Gasteiger partial charge in [-0.2, -0.15) is 0 Å². The lowest BCUT2D eigenvalue weighted by molar-refractivity contribution is -0.126. The average Bonchev–Trinajstić information content (AvgIpc) is 2.61. The van der Waals surface area contributed by atoms with Crippen LogP contribution in [0.15, 0.2) is 18.2 Å². The fourth-order valence-electron chi connectivity index (χ4n) is 2.83. The molecule has 1 heterocycles. The Morgan fingerprint density at radius 1 is 1.26 bits per heavy atom. The largest absolute Gasteiger partial charge is 0.489 e. The van der Waals surface area contributed by atoms with Gasteiger partial charge in [0.1, 0.15) is 12.4 Å². The lowest BCUT2D eigenvalue weighted by atomic mass is 10.1. The molecule has 2 N–H and O–H groups in total. The molecule has 1 aliphatic rings. The van der Waals surface area contributed by atoms with Crippen molar-refractivity contribution in [3.63, 3.8) is 0 Å². The zero-order valence-electron chi connectivity index (χ0n) is 16.5. The summed E-state index contributed by atoms with van der Waals surface area (Å²) < 4.78 is 5.75. The van der Waals surface area contributed by atoms with Crippen LogP contribution in [0, 0.1) is 0 Å². The van der Waals surface area contributed by atoms with Crippen LogP contribution in [0.25, 0.3) is 0 Å². The topological polar surface area (TPSA) is 91.0 Å². The van der Waals surface area contributed by atoms with Crippen LogP contribution in [0.1, 0.15) is 30.6 Å². The van der Waals surface area contributed by atoms with Gasteiger partial charge in [0.05, 0.1) is 24.7 Å². The maximum atomic E-state index is 12.2. The summed E-state index contributed by atoms with van der Waals surface area (Å²) in [6.07, 6.45) is 0.191. The molecule has 0 unspecified atom stereocenters. The molecular formula is C19H28N4O4. The number of hydrogen-bond acceptors (Lipinski definition) is 5. The highest BCUT2D eigenvalue weighted by Gasteiger charge is 2.28. The van der Waals surface area contributed by atoms with Crippen molar-refractivity contribution < 1.29 is 19.1 Å². The molecule has 0 saturated carbocycles. The minimum Gasteiger partial charge on any atom is -0.489 e. The maximum Gasteiger partial charge on any atom is 0.253 e. The van der Waals surface area contributed by atoms with E-state index in [0.29, 0.717) is 17.9 Å². The van der Waals surface area contributed by atoms with Gasteiger partial charge in [-0.3, -0.25) is 14.4 Å². The Morgan fingerprint density at radius 3 is 2.59 bits per heavy atom. The summed E-state index contributed by atoms with van der Waals surface area (Å²) in [7, 11) is 5.27. The lowest BCUT2D eigenvalue weighted by Gasteiger charge is -2.35. The molecule has 8 heteroatoms. The fourth-order valence-corrected chi connectivity index (χ4v) is 2.83. The van der Waals surface area contributed by atoms with Crippen LogP contribution in [0.3, 0.4) is 0 Å². The zero-order chi connectivity index (χ0) is 20.1. The summed E-state index contributed by atoms with van der Waals surface area (Å²) in [5.41, 5.74) is 1.33. The molecule has 1 aliphatic heterocycles. The standard InChI is InChI=1S/C19H28N4O4/c1-12(2)21-18(25)10-20-17(24)9-14-11-27-16-7-6-13(19(26)22(3)4)8-15(16)23(14)5/h6-8,12,14H,9-11H2,1-5H3,(H,20,24)(H,21,25)/t14-/m0/s1. The van der Waals surface area contributed by atoms with Crippen molar-refractivity contribution in [2.45, 2.75) is 32.4 Å². The van der Waals surface area contributed by atoms with Gasteiger partial charge >= 0.3 is 0 Å². The minimum atomic E-state index is -0.224. The second-order valence-corrected chi connectivity index (χ2v) is 7.16. The number of hydrogen-bond donors (Lipinski definition) is 2. The third-order valence-electron chi connectivity index (χ3n) is 4.29. The molecule has 0 fully saturated rings. The van der Waals surface area contributed by atoms with Gasteiger partial charge in [-0.05, 0) is 32.0 Å². The molecular weight excluding hydrogens is 348 g/mol. The lowest BCUT2D eigenvalue weighted by Crippen LogP contribution is -2.45. The van der Waals surface area contributed by atoms with E-state index < -0.39 is 0 Å². The molecule has 0 aliphatic carbocycles. The van der Waals surface area contributed by atoms with Crippen molar-refractivity contribution in [2.75, 3.05) is 39.2 Å². The van der Waals surface area contributed by atoms with Crippen LogP contribution < -0.4 is 20.3 Å². The normalized spacial score (nSPS) is 15.6. The molecule has 1 atom stereocenters. The third kappa shape index (κ3) is 5.35. The van der Waals surface area contributed by atoms with Crippen LogP contribution in [0.5, 0.6) is 5.75 Å². The monoisotopic (exact) mass is 376 g/mol. The fraction of sp³-hybridized carbons (Fsp3) is 0.526. The van der Waals surface area contributed by atoms with Crippen LogP contribution in [-0.4, -0.2) is 69.0 Å². The molecule has 0 saturated heterocycles. The molecule has 8 nitrogen and oxygen atoms in total. The first-order chi connectivity index (χ1) is 12.7. The number of nitrogens with zero attached hydrogens (tertiary/aromatic N) is 2. The number of amides is 3. The summed E-state index contributed by atoms with van der Waals surface area (Å²) in [5.74, 6) is 0.144. The van der Waals surface area contributed by atoms with Crippen LogP contribution in [0.2, 0.25) is 0 Å². The molecule has 3 amide bonds. The Bertz CT molecular complexity index is 718. The number of carbonyl (C=O) groups is 3. The second-order valence-electron chi connectivity index (χ2n) is 7.16. The number of rotatable bonds is 6. The highest BCUT2D eigenvalue weighted by atomic mass is 16.5. The number of fused-ring (bicyclic) bond motifs is 1. The van der Waals surface area contributed by atoms with E-state index in [1.165, 1.54) is 4.90 Å². The third-order valence-corrected chi connectivity index (χ3v) is 4.29. The predicted octanol–water partition coefficient (Wildman–Crippen LogP) is 0.617. The number of likely N-dealkylation sites (N-methyl/N-ethyl adjacent to an activating group) is 1. The Labute approximate surface area is 159 Å². The van der Waals surface area contributed by atoms with Crippen molar-refractivity contribution in [3.05, 3.63) is 23.8 Å². The Kier molecular flexibility index (Phi) is 6.65. The molecule has 0 bridgehead atoms. The minimum absolute atomic E-state index is 0.0304. The summed E-state index contributed by atoms with van der Waals surface area (Å²) in [5, 5.41) is 5.35. The van der Waals surface area contributed by atoms with Gasteiger partial charge < -0.3 is 25.2 Å². The van der Waals surface area contributed by atoms with Crippen molar-refractivity contribution in [3.8, 4) is 5.75 Å². The molecule has 148 valence electrons. The SMILES string of the molecule is CC(C)NC(=O)CNC(=O)C[C@H]1COc2ccc(C(=O)N(C)C)cc2N1C. The summed E-state index contributed by atoms with van der Waals surface area (Å²) >= 11 is 0. The van der Waals surface area contributed by atoms with Gasteiger partial charge in [-0.15, -0.1) is 0 Å². The van der Waals surface area contributed by atoms with E-state index in [1.807, 2.05) is 25.8 Å². The quantitative estimate of drug-likeness (QED) is 0.759. The maximum absolute atomic E-state index is 12.2. The van der Waals surface area contributed by atoms with Crippen LogP contribution >= 0.6 is 0 Å². The van der Waals surface area contributed by atoms with E-state index in [-0.39, 0.29) is 42.8 Å². The van der Waals surface area contributed by atoms with E-state index >= 15 is 0 Å². The summed E-state index contributed by atoms with van der Waals surface area (Å²) in [6.45, 7) is 4.03. The molecule has 0 aromatic heterocycles. The number of carbonyl (C=O) groups excluding carboxylic acids is 3. The van der Waals surface area contributed by atoms with Crippen LogP contribution in [0.4, 0.5) is 5.69 Å².